The fraction of sp³-hybridized carbons (Fsp3) is 0.556. The second-order valence-corrected chi connectivity index (χ2v) is 6.57. The third-order valence-corrected chi connectivity index (χ3v) is 4.87. The van der Waals surface area contributed by atoms with Crippen LogP contribution in [0.15, 0.2) is 24.3 Å². The van der Waals surface area contributed by atoms with E-state index in [9.17, 15) is 9.59 Å². The van der Waals surface area contributed by atoms with Crippen LogP contribution in [0.2, 0.25) is 0 Å². The zero-order chi connectivity index (χ0) is 16.2. The van der Waals surface area contributed by atoms with Crippen molar-refractivity contribution in [2.45, 2.75) is 38.5 Å². The third kappa shape index (κ3) is 3.49. The Balaban J connectivity index is 1.39. The van der Waals surface area contributed by atoms with Gasteiger partial charge in [0.1, 0.15) is 0 Å². The Kier molecular flexibility index (Phi) is 4.84. The zero-order valence-electron chi connectivity index (χ0n) is 13.7. The van der Waals surface area contributed by atoms with Gasteiger partial charge < -0.3 is 10.6 Å². The van der Waals surface area contributed by atoms with Gasteiger partial charge in [-0.05, 0) is 30.9 Å². The molecule has 1 aliphatic carbocycles. The van der Waals surface area contributed by atoms with Crippen molar-refractivity contribution in [2.75, 3.05) is 24.5 Å². The van der Waals surface area contributed by atoms with Gasteiger partial charge in [0.15, 0.2) is 0 Å². The van der Waals surface area contributed by atoms with Crippen LogP contribution >= 0.6 is 0 Å². The van der Waals surface area contributed by atoms with Crippen molar-refractivity contribution in [1.29, 1.82) is 0 Å². The van der Waals surface area contributed by atoms with E-state index in [2.05, 4.69) is 23.6 Å². The number of nitrogens with one attached hydrogen (secondary N) is 2. The van der Waals surface area contributed by atoms with Crippen LogP contribution in [0.5, 0.6) is 0 Å². The van der Waals surface area contributed by atoms with Gasteiger partial charge in [-0.25, -0.2) is 4.79 Å². The number of amides is 3. The Hall–Kier alpha value is -2.04. The maximum absolute atomic E-state index is 12.3. The normalized spacial score (nSPS) is 19.9. The van der Waals surface area contributed by atoms with Gasteiger partial charge >= 0.3 is 6.03 Å². The largest absolute Gasteiger partial charge is 0.356 e. The van der Waals surface area contributed by atoms with E-state index in [0.29, 0.717) is 19.0 Å². The van der Waals surface area contributed by atoms with E-state index in [4.69, 9.17) is 0 Å². The molecule has 1 aliphatic heterocycles. The molecule has 2 N–H and O–H groups in total. The number of rotatable bonds is 5. The van der Waals surface area contributed by atoms with E-state index in [1.807, 2.05) is 23.1 Å². The molecule has 3 rings (SSSR count). The number of nitrogens with zero attached hydrogens (tertiary/aromatic N) is 1. The molecule has 1 saturated carbocycles. The standard InChI is InChI=1S/C18H25N3O2/c1-13-12-21(16-9-3-2-8-15(13)16)18(23)20-11-5-10-19-17(22)14-6-4-7-14/h2-3,8-9,13-14H,4-7,10-12H2,1H3,(H,19,22)(H,20,23)/t13-/m1/s1. The summed E-state index contributed by atoms with van der Waals surface area (Å²) in [5, 5.41) is 5.90. The first-order valence-electron chi connectivity index (χ1n) is 8.59. The molecule has 0 spiro atoms. The Bertz CT molecular complexity index is 583. The van der Waals surface area contributed by atoms with Crippen LogP contribution in [0.25, 0.3) is 0 Å². The summed E-state index contributed by atoms with van der Waals surface area (Å²) in [7, 11) is 0. The number of anilines is 1. The van der Waals surface area contributed by atoms with Crippen LogP contribution in [0.4, 0.5) is 10.5 Å². The highest BCUT2D eigenvalue weighted by atomic mass is 16.2. The SMILES string of the molecule is C[C@@H]1CN(C(=O)NCCCNC(=O)C2CCC2)c2ccccc21. The van der Waals surface area contributed by atoms with E-state index in [1.54, 1.807) is 0 Å². The lowest BCUT2D eigenvalue weighted by atomic mass is 9.85. The molecule has 1 heterocycles. The Morgan fingerprint density at radius 2 is 1.91 bits per heavy atom. The van der Waals surface area contributed by atoms with Crippen LogP contribution < -0.4 is 15.5 Å². The highest BCUT2D eigenvalue weighted by Gasteiger charge is 2.29. The minimum absolute atomic E-state index is 0.0490. The van der Waals surface area contributed by atoms with E-state index in [1.165, 1.54) is 12.0 Å². The topological polar surface area (TPSA) is 61.4 Å². The van der Waals surface area contributed by atoms with Gasteiger partial charge in [0, 0.05) is 37.2 Å². The summed E-state index contributed by atoms with van der Waals surface area (Å²) in [5.41, 5.74) is 2.24. The number of hydrogen-bond donors (Lipinski definition) is 2. The molecule has 0 unspecified atom stereocenters. The molecular weight excluding hydrogens is 290 g/mol. The van der Waals surface area contributed by atoms with Crippen LogP contribution in [0.3, 0.4) is 0 Å². The lowest BCUT2D eigenvalue weighted by Crippen LogP contribution is -2.41. The molecule has 23 heavy (non-hydrogen) atoms. The van der Waals surface area contributed by atoms with Gasteiger partial charge in [0.05, 0.1) is 0 Å². The van der Waals surface area contributed by atoms with Gasteiger partial charge in [-0.2, -0.15) is 0 Å². The molecule has 124 valence electrons. The second kappa shape index (κ2) is 7.02. The highest BCUT2D eigenvalue weighted by Crippen LogP contribution is 2.35. The molecule has 1 fully saturated rings. The fourth-order valence-corrected chi connectivity index (χ4v) is 3.22. The number of carbonyl (C=O) groups is 2. The first kappa shape index (κ1) is 15.8. The van der Waals surface area contributed by atoms with Crippen molar-refractivity contribution in [3.63, 3.8) is 0 Å². The highest BCUT2D eigenvalue weighted by molar-refractivity contribution is 5.94. The van der Waals surface area contributed by atoms with Crippen molar-refractivity contribution in [3.05, 3.63) is 29.8 Å². The van der Waals surface area contributed by atoms with Gasteiger partial charge in [-0.3, -0.25) is 9.69 Å². The summed E-state index contributed by atoms with van der Waals surface area (Å²) in [6.45, 7) is 4.07. The molecular formula is C18H25N3O2. The van der Waals surface area contributed by atoms with E-state index in [0.717, 1.165) is 31.5 Å². The van der Waals surface area contributed by atoms with Gasteiger partial charge in [-0.15, -0.1) is 0 Å². The lowest BCUT2D eigenvalue weighted by Gasteiger charge is -2.24. The van der Waals surface area contributed by atoms with Crippen molar-refractivity contribution >= 4 is 17.6 Å². The summed E-state index contributed by atoms with van der Waals surface area (Å²) < 4.78 is 0. The zero-order valence-corrected chi connectivity index (χ0v) is 13.7. The minimum atomic E-state index is -0.0490. The molecule has 0 radical (unpaired) electrons. The number of benzene rings is 1. The number of hydrogen-bond acceptors (Lipinski definition) is 2. The van der Waals surface area contributed by atoms with Crippen LogP contribution in [-0.2, 0) is 4.79 Å². The van der Waals surface area contributed by atoms with Gasteiger partial charge in [0.25, 0.3) is 0 Å². The summed E-state index contributed by atoms with van der Waals surface area (Å²) in [6.07, 6.45) is 3.98. The Morgan fingerprint density at radius 1 is 1.17 bits per heavy atom. The first-order chi connectivity index (χ1) is 11.2. The van der Waals surface area contributed by atoms with Crippen LogP contribution in [0.1, 0.15) is 44.1 Å². The molecule has 1 aromatic rings. The molecule has 0 bridgehead atoms. The summed E-state index contributed by atoms with van der Waals surface area (Å²) in [5.74, 6) is 0.774. The predicted molar refractivity (Wildman–Crippen MR) is 90.6 cm³/mol. The number of carbonyl (C=O) groups excluding carboxylic acids is 2. The number of fused-ring (bicyclic) bond motifs is 1. The van der Waals surface area contributed by atoms with Gasteiger partial charge in [-0.1, -0.05) is 31.5 Å². The molecule has 2 aliphatic rings. The van der Waals surface area contributed by atoms with Crippen LogP contribution in [-0.4, -0.2) is 31.6 Å². The molecule has 0 aromatic heterocycles. The fourth-order valence-electron chi connectivity index (χ4n) is 3.22. The smallest absolute Gasteiger partial charge is 0.321 e. The summed E-state index contributed by atoms with van der Waals surface area (Å²) >= 11 is 0. The maximum atomic E-state index is 12.3. The van der Waals surface area contributed by atoms with Crippen molar-refractivity contribution < 1.29 is 9.59 Å². The molecule has 1 aromatic carbocycles. The second-order valence-electron chi connectivity index (χ2n) is 6.57. The predicted octanol–water partition coefficient (Wildman–Crippen LogP) is 2.63. The molecule has 0 saturated heterocycles. The minimum Gasteiger partial charge on any atom is -0.356 e. The van der Waals surface area contributed by atoms with Crippen LogP contribution in [0, 0.1) is 5.92 Å². The van der Waals surface area contributed by atoms with E-state index < -0.39 is 0 Å². The molecule has 5 nitrogen and oxygen atoms in total. The summed E-state index contributed by atoms with van der Waals surface area (Å²) in [4.78, 5) is 25.9. The van der Waals surface area contributed by atoms with E-state index in [-0.39, 0.29) is 17.9 Å². The van der Waals surface area contributed by atoms with E-state index >= 15 is 0 Å². The Morgan fingerprint density at radius 3 is 2.65 bits per heavy atom. The average molecular weight is 315 g/mol. The molecule has 1 atom stereocenters. The van der Waals surface area contributed by atoms with Crippen molar-refractivity contribution in [1.82, 2.24) is 10.6 Å². The van der Waals surface area contributed by atoms with Crippen molar-refractivity contribution in [3.8, 4) is 0 Å². The number of para-hydroxylation sites is 1. The Labute approximate surface area is 137 Å². The number of urea groups is 1. The van der Waals surface area contributed by atoms with Gasteiger partial charge in [0.2, 0.25) is 5.91 Å². The molecule has 3 amide bonds. The third-order valence-electron chi connectivity index (χ3n) is 4.87. The van der Waals surface area contributed by atoms with Crippen molar-refractivity contribution in [2.24, 2.45) is 5.92 Å². The first-order valence-corrected chi connectivity index (χ1v) is 8.59. The average Bonchev–Trinajstić information content (AvgIpc) is 2.83. The monoisotopic (exact) mass is 315 g/mol. The molecule has 5 heteroatoms. The lowest BCUT2D eigenvalue weighted by molar-refractivity contribution is -0.127. The summed E-state index contributed by atoms with van der Waals surface area (Å²) in [6, 6.07) is 8.02. The maximum Gasteiger partial charge on any atom is 0.321 e. The quantitative estimate of drug-likeness (QED) is 0.821.